The largest absolute Gasteiger partial charge is 0.494 e. The summed E-state index contributed by atoms with van der Waals surface area (Å²) in [6, 6.07) is 16.0. The van der Waals surface area contributed by atoms with Crippen LogP contribution in [0.25, 0.3) is 0 Å². The number of amides is 2. The van der Waals surface area contributed by atoms with Crippen LogP contribution in [-0.2, 0) is 0 Å². The summed E-state index contributed by atoms with van der Waals surface area (Å²) in [4.78, 5) is 29.0. The number of halogens is 1. The van der Waals surface area contributed by atoms with Gasteiger partial charge in [-0.1, -0.05) is 18.5 Å². The lowest BCUT2D eigenvalue weighted by molar-refractivity contribution is 0.0746. The lowest BCUT2D eigenvalue weighted by Crippen LogP contribution is -2.48. The number of anilines is 2. The molecule has 4 rings (SSSR count). The first-order valence-corrected chi connectivity index (χ1v) is 12.5. The molecule has 188 valence electrons. The fourth-order valence-corrected chi connectivity index (χ4v) is 4.33. The van der Waals surface area contributed by atoms with Gasteiger partial charge in [-0.15, -0.1) is 0 Å². The highest BCUT2D eigenvalue weighted by atomic mass is 35.5. The number of nitrogens with zero attached hydrogens (tertiary/aromatic N) is 2. The number of piperazine rings is 1. The number of ether oxygens (including phenoxy) is 1. The van der Waals surface area contributed by atoms with Gasteiger partial charge in [-0.2, -0.15) is 0 Å². The molecule has 36 heavy (non-hydrogen) atoms. The van der Waals surface area contributed by atoms with E-state index in [4.69, 9.17) is 33.0 Å². The van der Waals surface area contributed by atoms with E-state index in [0.717, 1.165) is 17.9 Å². The predicted octanol–water partition coefficient (Wildman–Crippen LogP) is 4.81. The zero-order valence-corrected chi connectivity index (χ0v) is 21.4. The number of benzene rings is 2. The predicted molar refractivity (Wildman–Crippen MR) is 144 cm³/mol. The second-order valence-corrected chi connectivity index (χ2v) is 9.02. The Bertz CT molecular complexity index is 1210. The van der Waals surface area contributed by atoms with Crippen molar-refractivity contribution < 1.29 is 18.7 Å². The van der Waals surface area contributed by atoms with E-state index in [1.54, 1.807) is 18.2 Å². The smallest absolute Gasteiger partial charge is 0.293 e. The van der Waals surface area contributed by atoms with Gasteiger partial charge >= 0.3 is 0 Å². The maximum atomic E-state index is 12.9. The second kappa shape index (κ2) is 11.9. The summed E-state index contributed by atoms with van der Waals surface area (Å²) >= 11 is 11.8. The normalized spacial score (nSPS) is 13.3. The Labute approximate surface area is 220 Å². The molecule has 0 spiro atoms. The van der Waals surface area contributed by atoms with Gasteiger partial charge in [0.05, 0.1) is 23.6 Å². The Hall–Kier alpha value is -3.56. The number of carbonyl (C=O) groups excluding carboxylic acids is 2. The highest BCUT2D eigenvalue weighted by molar-refractivity contribution is 7.80. The van der Waals surface area contributed by atoms with E-state index < -0.39 is 5.91 Å². The van der Waals surface area contributed by atoms with Crippen molar-refractivity contribution in [3.63, 3.8) is 0 Å². The molecule has 0 atom stereocenters. The van der Waals surface area contributed by atoms with Crippen LogP contribution in [0.5, 0.6) is 5.75 Å². The van der Waals surface area contributed by atoms with Gasteiger partial charge < -0.3 is 24.3 Å². The minimum absolute atomic E-state index is 0.00689. The molecule has 0 radical (unpaired) electrons. The maximum absolute atomic E-state index is 12.9. The molecule has 8 nitrogen and oxygen atoms in total. The van der Waals surface area contributed by atoms with Crippen LogP contribution in [0.1, 0.15) is 34.3 Å². The van der Waals surface area contributed by atoms with Crippen molar-refractivity contribution in [2.24, 2.45) is 0 Å². The Morgan fingerprint density at radius 1 is 1.08 bits per heavy atom. The molecule has 2 amide bonds. The topological polar surface area (TPSA) is 87.0 Å². The fraction of sp³-hybridized carbons (Fsp3) is 0.269. The molecule has 1 fully saturated rings. The van der Waals surface area contributed by atoms with E-state index in [9.17, 15) is 9.59 Å². The monoisotopic (exact) mass is 526 g/mol. The van der Waals surface area contributed by atoms with E-state index >= 15 is 0 Å². The number of thiocarbonyl (C=S) groups is 1. The number of furan rings is 1. The van der Waals surface area contributed by atoms with Gasteiger partial charge in [0, 0.05) is 37.4 Å². The number of hydrogen-bond donors (Lipinski definition) is 2. The van der Waals surface area contributed by atoms with Crippen LogP contribution in [0.4, 0.5) is 11.4 Å². The zero-order valence-electron chi connectivity index (χ0n) is 19.8. The van der Waals surface area contributed by atoms with Gasteiger partial charge in [-0.05, 0) is 73.2 Å². The van der Waals surface area contributed by atoms with Gasteiger partial charge in [0.2, 0.25) is 0 Å². The first-order chi connectivity index (χ1) is 17.4. The van der Waals surface area contributed by atoms with Crippen LogP contribution in [0.2, 0.25) is 5.02 Å². The van der Waals surface area contributed by atoms with Gasteiger partial charge in [-0.3, -0.25) is 14.9 Å². The highest BCUT2D eigenvalue weighted by Gasteiger charge is 2.23. The third kappa shape index (κ3) is 6.35. The van der Waals surface area contributed by atoms with Gasteiger partial charge in [0.1, 0.15) is 5.75 Å². The molecule has 2 N–H and O–H groups in total. The molecule has 10 heteroatoms. The Balaban J connectivity index is 1.30. The molecular weight excluding hydrogens is 500 g/mol. The molecule has 1 aromatic heterocycles. The highest BCUT2D eigenvalue weighted by Crippen LogP contribution is 2.30. The van der Waals surface area contributed by atoms with Crippen molar-refractivity contribution in [1.82, 2.24) is 10.2 Å². The summed E-state index contributed by atoms with van der Waals surface area (Å²) in [6.07, 6.45) is 2.35. The van der Waals surface area contributed by atoms with Crippen LogP contribution >= 0.6 is 23.8 Å². The molecule has 0 saturated carbocycles. The Morgan fingerprint density at radius 2 is 1.83 bits per heavy atom. The lowest BCUT2D eigenvalue weighted by atomic mass is 10.1. The average Bonchev–Trinajstić information content (AvgIpc) is 3.43. The second-order valence-electron chi connectivity index (χ2n) is 8.20. The van der Waals surface area contributed by atoms with Crippen molar-refractivity contribution in [2.45, 2.75) is 13.3 Å². The van der Waals surface area contributed by atoms with Crippen molar-refractivity contribution in [3.8, 4) is 5.75 Å². The van der Waals surface area contributed by atoms with Gasteiger partial charge in [-0.25, -0.2) is 0 Å². The molecule has 1 saturated heterocycles. The van der Waals surface area contributed by atoms with E-state index in [-0.39, 0.29) is 16.8 Å². The number of carbonyl (C=O) groups is 2. The maximum Gasteiger partial charge on any atom is 0.293 e. The number of hydrogen-bond acceptors (Lipinski definition) is 6. The van der Waals surface area contributed by atoms with E-state index in [2.05, 4.69) is 22.5 Å². The van der Waals surface area contributed by atoms with Crippen LogP contribution < -0.4 is 20.3 Å². The molecule has 3 aromatic rings. The molecule has 2 heterocycles. The Morgan fingerprint density at radius 3 is 2.47 bits per heavy atom. The van der Waals surface area contributed by atoms with Crippen LogP contribution in [0, 0.1) is 0 Å². The summed E-state index contributed by atoms with van der Waals surface area (Å²) in [5.41, 5.74) is 2.17. The van der Waals surface area contributed by atoms with Crippen molar-refractivity contribution >= 4 is 52.1 Å². The average molecular weight is 527 g/mol. The number of nitrogens with one attached hydrogen (secondary N) is 2. The molecule has 1 aliphatic rings. The fourth-order valence-electron chi connectivity index (χ4n) is 3.82. The van der Waals surface area contributed by atoms with Crippen molar-refractivity contribution in [1.29, 1.82) is 0 Å². The lowest BCUT2D eigenvalue weighted by Gasteiger charge is -2.36. The summed E-state index contributed by atoms with van der Waals surface area (Å²) in [6.45, 7) is 5.21. The quantitative estimate of drug-likeness (QED) is 0.427. The molecule has 1 aliphatic heterocycles. The molecule has 2 aromatic carbocycles. The van der Waals surface area contributed by atoms with Gasteiger partial charge in [0.15, 0.2) is 10.9 Å². The third-order valence-electron chi connectivity index (χ3n) is 5.66. The van der Waals surface area contributed by atoms with Crippen molar-refractivity contribution in [3.05, 3.63) is 77.2 Å². The summed E-state index contributed by atoms with van der Waals surface area (Å²) in [7, 11) is 0. The van der Waals surface area contributed by atoms with E-state index in [1.807, 2.05) is 41.3 Å². The molecule has 0 aliphatic carbocycles. The minimum atomic E-state index is -0.437. The van der Waals surface area contributed by atoms with Crippen LogP contribution in [-0.4, -0.2) is 54.6 Å². The molecule has 0 unspecified atom stereocenters. The zero-order chi connectivity index (χ0) is 25.5. The molecular formula is C26H27ClN4O4S. The van der Waals surface area contributed by atoms with Crippen LogP contribution in [0.15, 0.2) is 65.3 Å². The van der Waals surface area contributed by atoms with Crippen LogP contribution in [0.3, 0.4) is 0 Å². The molecule has 0 bridgehead atoms. The third-order valence-corrected chi connectivity index (χ3v) is 6.17. The van der Waals surface area contributed by atoms with Crippen molar-refractivity contribution in [2.75, 3.05) is 43.0 Å². The first-order valence-electron chi connectivity index (χ1n) is 11.7. The van der Waals surface area contributed by atoms with E-state index in [1.165, 1.54) is 6.26 Å². The Kier molecular flexibility index (Phi) is 8.45. The van der Waals surface area contributed by atoms with Gasteiger partial charge in [0.25, 0.3) is 11.8 Å². The summed E-state index contributed by atoms with van der Waals surface area (Å²) in [5.74, 6) is 0.510. The number of rotatable bonds is 7. The standard InChI is InChI=1S/C26H27ClN4O4S/c1-2-15-34-20-8-5-18(6-9-20)25(33)31-13-11-30(12-14-31)22-10-7-19(17-21(22)27)28-26(36)29-24(32)23-4-3-16-35-23/h3-10,16-17H,2,11-15H2,1H3,(H2,28,29,32,36). The SMILES string of the molecule is CCCOc1ccc(C(=O)N2CCN(c3ccc(NC(=S)NC(=O)c4ccco4)cc3Cl)CC2)cc1. The minimum Gasteiger partial charge on any atom is -0.494 e. The first kappa shape index (κ1) is 25.5. The summed E-state index contributed by atoms with van der Waals surface area (Å²) in [5, 5.41) is 6.19. The van der Waals surface area contributed by atoms with E-state index in [0.29, 0.717) is 49.1 Å². The summed E-state index contributed by atoms with van der Waals surface area (Å²) < 4.78 is 10.7.